The number of pyridine rings is 1. The number of alkyl halides is 3. The highest BCUT2D eigenvalue weighted by Gasteiger charge is 2.35. The molecule has 3 aromatic heterocycles. The molecule has 5 rings (SSSR count). The van der Waals surface area contributed by atoms with E-state index < -0.39 is 11.7 Å². The van der Waals surface area contributed by atoms with Crippen LogP contribution in [0.4, 0.5) is 18.9 Å². The molecule has 0 N–H and O–H groups in total. The molecule has 0 bridgehead atoms. The number of nitrogens with zero attached hydrogens (tertiary/aromatic N) is 5. The largest absolute Gasteiger partial charge is 0.416 e. The van der Waals surface area contributed by atoms with Crippen LogP contribution in [-0.2, 0) is 6.18 Å². The summed E-state index contributed by atoms with van der Waals surface area (Å²) in [6, 6.07) is 9.64. The monoisotopic (exact) mass is 439 g/mol. The standard InChI is InChI=1S/C22H16F3N5O2/c1-13-12-29(16-6-4-15(5-7-16)22(23,24)25)21(31)20-17(11-27-30(13)20)18-9-19(32-28-18)14-3-2-8-26-10-14/h2-11,13H,12H2,1H3/t13-/m0/s1. The molecule has 7 nitrogen and oxygen atoms in total. The highest BCUT2D eigenvalue weighted by Crippen LogP contribution is 2.35. The predicted octanol–water partition coefficient (Wildman–Crippen LogP) is 4.84. The van der Waals surface area contributed by atoms with E-state index in [1.807, 2.05) is 13.0 Å². The number of benzene rings is 1. The van der Waals surface area contributed by atoms with Crippen molar-refractivity contribution >= 4 is 11.6 Å². The van der Waals surface area contributed by atoms with Crippen LogP contribution in [0.15, 0.2) is 65.6 Å². The van der Waals surface area contributed by atoms with E-state index in [-0.39, 0.29) is 18.5 Å². The first-order valence-electron chi connectivity index (χ1n) is 9.77. The maximum Gasteiger partial charge on any atom is 0.416 e. The first kappa shape index (κ1) is 20.0. The third kappa shape index (κ3) is 3.33. The molecule has 4 heterocycles. The van der Waals surface area contributed by atoms with E-state index >= 15 is 0 Å². The van der Waals surface area contributed by atoms with Crippen LogP contribution in [0.1, 0.15) is 29.0 Å². The Morgan fingerprint density at radius 2 is 1.91 bits per heavy atom. The highest BCUT2D eigenvalue weighted by molar-refractivity contribution is 6.09. The van der Waals surface area contributed by atoms with E-state index in [2.05, 4.69) is 15.2 Å². The molecule has 1 amide bonds. The van der Waals surface area contributed by atoms with Gasteiger partial charge in [-0.3, -0.25) is 14.5 Å². The van der Waals surface area contributed by atoms with Crippen molar-refractivity contribution in [1.82, 2.24) is 19.9 Å². The van der Waals surface area contributed by atoms with Gasteiger partial charge in [0.05, 0.1) is 23.4 Å². The lowest BCUT2D eigenvalue weighted by Gasteiger charge is -2.32. The smallest absolute Gasteiger partial charge is 0.356 e. The molecule has 1 aromatic carbocycles. The van der Waals surface area contributed by atoms with E-state index in [0.717, 1.165) is 17.7 Å². The van der Waals surface area contributed by atoms with E-state index in [4.69, 9.17) is 4.52 Å². The molecule has 0 radical (unpaired) electrons. The lowest BCUT2D eigenvalue weighted by Crippen LogP contribution is -2.42. The number of halogens is 3. The van der Waals surface area contributed by atoms with Crippen LogP contribution in [0.5, 0.6) is 0 Å². The van der Waals surface area contributed by atoms with Crippen molar-refractivity contribution in [2.75, 3.05) is 11.4 Å². The molecule has 4 aromatic rings. The van der Waals surface area contributed by atoms with Gasteiger partial charge < -0.3 is 9.42 Å². The van der Waals surface area contributed by atoms with Crippen LogP contribution in [0.3, 0.4) is 0 Å². The van der Waals surface area contributed by atoms with Crippen LogP contribution >= 0.6 is 0 Å². The number of amides is 1. The molecule has 1 atom stereocenters. The lowest BCUT2D eigenvalue weighted by molar-refractivity contribution is -0.137. The van der Waals surface area contributed by atoms with Gasteiger partial charge in [0.2, 0.25) is 0 Å². The zero-order chi connectivity index (χ0) is 22.5. The zero-order valence-corrected chi connectivity index (χ0v) is 16.7. The topological polar surface area (TPSA) is 77.1 Å². The van der Waals surface area contributed by atoms with E-state index in [9.17, 15) is 18.0 Å². The summed E-state index contributed by atoms with van der Waals surface area (Å²) in [7, 11) is 0. The molecule has 0 unspecified atom stereocenters. The fourth-order valence-corrected chi connectivity index (χ4v) is 3.75. The number of rotatable bonds is 3. The summed E-state index contributed by atoms with van der Waals surface area (Å²) in [5.41, 5.74) is 1.56. The van der Waals surface area contributed by atoms with Gasteiger partial charge in [0, 0.05) is 36.3 Å². The fraction of sp³-hybridized carbons (Fsp3) is 0.182. The summed E-state index contributed by atoms with van der Waals surface area (Å²) in [5, 5.41) is 8.43. The van der Waals surface area contributed by atoms with Gasteiger partial charge in [-0.2, -0.15) is 18.3 Å². The van der Waals surface area contributed by atoms with Crippen molar-refractivity contribution in [3.8, 4) is 22.6 Å². The summed E-state index contributed by atoms with van der Waals surface area (Å²) in [4.78, 5) is 18.9. The van der Waals surface area contributed by atoms with Crippen molar-refractivity contribution < 1.29 is 22.5 Å². The summed E-state index contributed by atoms with van der Waals surface area (Å²) in [6.07, 6.45) is 0.384. The second kappa shape index (κ2) is 7.33. The van der Waals surface area contributed by atoms with E-state index in [0.29, 0.717) is 28.4 Å². The maximum absolute atomic E-state index is 13.4. The van der Waals surface area contributed by atoms with Gasteiger partial charge in [0.25, 0.3) is 5.91 Å². The predicted molar refractivity (Wildman–Crippen MR) is 109 cm³/mol. The molecule has 0 spiro atoms. The Morgan fingerprint density at radius 3 is 2.59 bits per heavy atom. The lowest BCUT2D eigenvalue weighted by atomic mass is 10.1. The van der Waals surface area contributed by atoms with Crippen molar-refractivity contribution in [1.29, 1.82) is 0 Å². The zero-order valence-electron chi connectivity index (χ0n) is 16.7. The number of anilines is 1. The third-order valence-electron chi connectivity index (χ3n) is 5.35. The average molecular weight is 439 g/mol. The highest BCUT2D eigenvalue weighted by atomic mass is 19.4. The Labute approximate surface area is 180 Å². The van der Waals surface area contributed by atoms with Crippen molar-refractivity contribution in [3.63, 3.8) is 0 Å². The van der Waals surface area contributed by atoms with Gasteiger partial charge in [-0.05, 0) is 43.3 Å². The average Bonchev–Trinajstić information content (AvgIpc) is 3.44. The number of carbonyl (C=O) groups excluding carboxylic acids is 1. The van der Waals surface area contributed by atoms with Gasteiger partial charge in [0.15, 0.2) is 5.76 Å². The third-order valence-corrected chi connectivity index (χ3v) is 5.35. The Kier molecular flexibility index (Phi) is 4.58. The molecular weight excluding hydrogens is 423 g/mol. The number of hydrogen-bond acceptors (Lipinski definition) is 5. The second-order valence-electron chi connectivity index (χ2n) is 7.48. The molecule has 0 fully saturated rings. The van der Waals surface area contributed by atoms with Gasteiger partial charge in [0.1, 0.15) is 11.4 Å². The van der Waals surface area contributed by atoms with Crippen molar-refractivity contribution in [3.05, 3.63) is 72.3 Å². The molecule has 162 valence electrons. The minimum atomic E-state index is -4.44. The van der Waals surface area contributed by atoms with Crippen LogP contribution in [0.2, 0.25) is 0 Å². The molecule has 0 saturated carbocycles. The summed E-state index contributed by atoms with van der Waals surface area (Å²) in [6.45, 7) is 2.16. The fourth-order valence-electron chi connectivity index (χ4n) is 3.75. The Balaban J connectivity index is 1.51. The number of carbonyl (C=O) groups is 1. The minimum Gasteiger partial charge on any atom is -0.356 e. The molecular formula is C22H16F3N5O2. The van der Waals surface area contributed by atoms with E-state index in [1.165, 1.54) is 17.0 Å². The number of hydrogen-bond donors (Lipinski definition) is 0. The maximum atomic E-state index is 13.4. The summed E-state index contributed by atoms with van der Waals surface area (Å²) < 4.78 is 45.8. The molecule has 1 aliphatic heterocycles. The number of fused-ring (bicyclic) bond motifs is 1. The number of aromatic nitrogens is 4. The molecule has 10 heteroatoms. The molecule has 1 aliphatic rings. The SMILES string of the molecule is C[C@H]1CN(c2ccc(C(F)(F)F)cc2)C(=O)c2c(-c3cc(-c4cccnc4)on3)cnn21. The van der Waals surface area contributed by atoms with Crippen LogP contribution in [0.25, 0.3) is 22.6 Å². The van der Waals surface area contributed by atoms with Gasteiger partial charge >= 0.3 is 6.18 Å². The first-order valence-corrected chi connectivity index (χ1v) is 9.77. The van der Waals surface area contributed by atoms with Gasteiger partial charge in [-0.15, -0.1) is 0 Å². The Morgan fingerprint density at radius 1 is 1.12 bits per heavy atom. The van der Waals surface area contributed by atoms with Crippen LogP contribution < -0.4 is 4.90 Å². The van der Waals surface area contributed by atoms with Crippen LogP contribution in [0, 0.1) is 0 Å². The molecule has 0 aliphatic carbocycles. The quantitative estimate of drug-likeness (QED) is 0.457. The van der Waals surface area contributed by atoms with Gasteiger partial charge in [-0.25, -0.2) is 0 Å². The minimum absolute atomic E-state index is 0.191. The summed E-state index contributed by atoms with van der Waals surface area (Å²) >= 11 is 0. The Hall–Kier alpha value is -3.95. The normalized spacial score (nSPS) is 16.3. The second-order valence-corrected chi connectivity index (χ2v) is 7.48. The Bertz CT molecular complexity index is 1280. The molecule has 0 saturated heterocycles. The first-order chi connectivity index (χ1) is 15.3. The van der Waals surface area contributed by atoms with Crippen molar-refractivity contribution in [2.45, 2.75) is 19.1 Å². The van der Waals surface area contributed by atoms with Crippen molar-refractivity contribution in [2.24, 2.45) is 0 Å². The molecule has 32 heavy (non-hydrogen) atoms. The van der Waals surface area contributed by atoms with Gasteiger partial charge in [-0.1, -0.05) is 5.16 Å². The van der Waals surface area contributed by atoms with Crippen LogP contribution in [-0.4, -0.2) is 32.4 Å². The van der Waals surface area contributed by atoms with E-state index in [1.54, 1.807) is 35.4 Å². The summed E-state index contributed by atoms with van der Waals surface area (Å²) in [5.74, 6) is 0.116.